The predicted octanol–water partition coefficient (Wildman–Crippen LogP) is 0.442. The van der Waals surface area contributed by atoms with Crippen LogP contribution in [-0.2, 0) is 14.3 Å². The average Bonchev–Trinajstić information content (AvgIpc) is 2.56. The van der Waals surface area contributed by atoms with Gasteiger partial charge in [-0.15, -0.1) is 0 Å². The molecule has 6 heteroatoms. The number of allylic oxidation sites excluding steroid dienone is 1. The number of carbonyl (C=O) groups excluding carboxylic acids is 2. The van der Waals surface area contributed by atoms with Gasteiger partial charge in [-0.2, -0.15) is 0 Å². The average molecular weight is 309 g/mol. The molecule has 6 nitrogen and oxygen atoms in total. The summed E-state index contributed by atoms with van der Waals surface area (Å²) in [5, 5.41) is 5.36. The quantitative estimate of drug-likeness (QED) is 0.552. The van der Waals surface area contributed by atoms with E-state index in [-0.39, 0.29) is 0 Å². The summed E-state index contributed by atoms with van der Waals surface area (Å²) in [5.41, 5.74) is 1.40. The first kappa shape index (κ1) is 17.0. The van der Waals surface area contributed by atoms with E-state index in [1.807, 2.05) is 0 Å². The number of morpholine rings is 1. The molecule has 0 aromatic carbocycles. The molecule has 1 fully saturated rings. The van der Waals surface area contributed by atoms with Crippen LogP contribution in [0.5, 0.6) is 0 Å². The van der Waals surface area contributed by atoms with Crippen LogP contribution in [0.25, 0.3) is 0 Å². The van der Waals surface area contributed by atoms with Gasteiger partial charge < -0.3 is 15.4 Å². The lowest BCUT2D eigenvalue weighted by molar-refractivity contribution is -0.139. The Morgan fingerprint density at radius 2 is 1.82 bits per heavy atom. The highest BCUT2D eigenvalue weighted by Gasteiger charge is 2.14. The summed E-state index contributed by atoms with van der Waals surface area (Å²) < 4.78 is 5.26. The fraction of sp³-hybridized carbons (Fsp3) is 0.750. The molecular weight excluding hydrogens is 282 g/mol. The smallest absolute Gasteiger partial charge is 0.309 e. The maximum atomic E-state index is 11.7. The number of ether oxygens (including phenoxy) is 1. The minimum Gasteiger partial charge on any atom is -0.379 e. The van der Waals surface area contributed by atoms with Crippen molar-refractivity contribution in [1.29, 1.82) is 0 Å². The summed E-state index contributed by atoms with van der Waals surface area (Å²) in [6.07, 6.45) is 7.89. The van der Waals surface area contributed by atoms with Gasteiger partial charge >= 0.3 is 11.8 Å². The zero-order chi connectivity index (χ0) is 15.6. The number of amides is 2. The monoisotopic (exact) mass is 309 g/mol. The van der Waals surface area contributed by atoms with Crippen molar-refractivity contribution in [1.82, 2.24) is 15.5 Å². The van der Waals surface area contributed by atoms with Crippen molar-refractivity contribution in [2.24, 2.45) is 0 Å². The maximum absolute atomic E-state index is 11.7. The van der Waals surface area contributed by atoms with Crippen molar-refractivity contribution in [3.8, 4) is 0 Å². The molecule has 2 amide bonds. The lowest BCUT2D eigenvalue weighted by Crippen LogP contribution is -2.45. The molecule has 1 aliphatic heterocycles. The fourth-order valence-electron chi connectivity index (χ4n) is 2.78. The summed E-state index contributed by atoms with van der Waals surface area (Å²) in [7, 11) is 0. The van der Waals surface area contributed by atoms with E-state index in [1.54, 1.807) is 0 Å². The molecule has 0 aromatic rings. The van der Waals surface area contributed by atoms with Crippen LogP contribution in [-0.4, -0.2) is 62.7 Å². The SMILES string of the molecule is O=C(NCCC1=CCCCC1)C(=O)NCCN1CCOCC1. The Hall–Kier alpha value is -1.40. The van der Waals surface area contributed by atoms with Gasteiger partial charge in [0.1, 0.15) is 0 Å². The largest absolute Gasteiger partial charge is 0.379 e. The third-order valence-electron chi connectivity index (χ3n) is 4.14. The first-order valence-electron chi connectivity index (χ1n) is 8.30. The molecule has 0 radical (unpaired) electrons. The van der Waals surface area contributed by atoms with Gasteiger partial charge in [0.25, 0.3) is 0 Å². The highest BCUT2D eigenvalue weighted by Crippen LogP contribution is 2.19. The van der Waals surface area contributed by atoms with E-state index in [0.29, 0.717) is 13.1 Å². The molecule has 124 valence electrons. The molecule has 0 bridgehead atoms. The van der Waals surface area contributed by atoms with E-state index in [4.69, 9.17) is 4.74 Å². The molecule has 2 N–H and O–H groups in total. The van der Waals surface area contributed by atoms with Crippen LogP contribution in [0, 0.1) is 0 Å². The minimum absolute atomic E-state index is 0.497. The highest BCUT2D eigenvalue weighted by molar-refractivity contribution is 6.35. The summed E-state index contributed by atoms with van der Waals surface area (Å²) in [5.74, 6) is -1.07. The van der Waals surface area contributed by atoms with Crippen LogP contribution in [0.3, 0.4) is 0 Å². The van der Waals surface area contributed by atoms with E-state index >= 15 is 0 Å². The topological polar surface area (TPSA) is 70.7 Å². The van der Waals surface area contributed by atoms with Gasteiger partial charge in [-0.1, -0.05) is 11.6 Å². The zero-order valence-electron chi connectivity index (χ0n) is 13.2. The first-order valence-corrected chi connectivity index (χ1v) is 8.30. The Morgan fingerprint density at radius 1 is 1.09 bits per heavy atom. The van der Waals surface area contributed by atoms with Crippen LogP contribution >= 0.6 is 0 Å². The van der Waals surface area contributed by atoms with Crippen LogP contribution in [0.2, 0.25) is 0 Å². The number of hydrogen-bond acceptors (Lipinski definition) is 4. The van der Waals surface area contributed by atoms with E-state index < -0.39 is 11.8 Å². The molecule has 1 heterocycles. The van der Waals surface area contributed by atoms with Crippen molar-refractivity contribution in [2.45, 2.75) is 32.1 Å². The molecule has 1 saturated heterocycles. The summed E-state index contributed by atoms with van der Waals surface area (Å²) in [4.78, 5) is 25.6. The van der Waals surface area contributed by atoms with Gasteiger partial charge in [0.05, 0.1) is 13.2 Å². The first-order chi connectivity index (χ1) is 10.8. The second-order valence-corrected chi connectivity index (χ2v) is 5.82. The van der Waals surface area contributed by atoms with E-state index in [9.17, 15) is 9.59 Å². The predicted molar refractivity (Wildman–Crippen MR) is 84.4 cm³/mol. The van der Waals surface area contributed by atoms with Crippen LogP contribution in [0.1, 0.15) is 32.1 Å². The third-order valence-corrected chi connectivity index (χ3v) is 4.14. The van der Waals surface area contributed by atoms with Crippen LogP contribution in [0.15, 0.2) is 11.6 Å². The minimum atomic E-state index is -0.536. The molecule has 22 heavy (non-hydrogen) atoms. The van der Waals surface area contributed by atoms with Gasteiger partial charge in [0.15, 0.2) is 0 Å². The number of hydrogen-bond donors (Lipinski definition) is 2. The summed E-state index contributed by atoms with van der Waals surface area (Å²) in [6, 6.07) is 0. The summed E-state index contributed by atoms with van der Waals surface area (Å²) >= 11 is 0. The van der Waals surface area contributed by atoms with Gasteiger partial charge in [0, 0.05) is 32.7 Å². The zero-order valence-corrected chi connectivity index (χ0v) is 13.2. The van der Waals surface area contributed by atoms with Crippen molar-refractivity contribution in [3.63, 3.8) is 0 Å². The lowest BCUT2D eigenvalue weighted by atomic mass is 9.97. The van der Waals surface area contributed by atoms with E-state index in [2.05, 4.69) is 21.6 Å². The Kier molecular flexibility index (Phi) is 7.39. The molecular formula is C16H27N3O3. The number of nitrogens with zero attached hydrogens (tertiary/aromatic N) is 1. The van der Waals surface area contributed by atoms with E-state index in [1.165, 1.54) is 18.4 Å². The Morgan fingerprint density at radius 3 is 2.50 bits per heavy atom. The van der Waals surface area contributed by atoms with Crippen molar-refractivity contribution >= 4 is 11.8 Å². The lowest BCUT2D eigenvalue weighted by Gasteiger charge is -2.26. The standard InChI is InChI=1S/C16H27N3O3/c20-15(17-7-6-14-4-2-1-3-5-14)16(21)18-8-9-19-10-12-22-13-11-19/h4H,1-3,5-13H2,(H,17,20)(H,18,21). The van der Waals surface area contributed by atoms with Gasteiger partial charge in [-0.25, -0.2) is 0 Å². The molecule has 0 atom stereocenters. The fourth-order valence-corrected chi connectivity index (χ4v) is 2.78. The van der Waals surface area contributed by atoms with Crippen LogP contribution in [0.4, 0.5) is 0 Å². The Bertz CT molecular complexity index is 403. The molecule has 0 aromatic heterocycles. The molecule has 2 aliphatic rings. The van der Waals surface area contributed by atoms with E-state index in [0.717, 1.165) is 52.1 Å². The van der Waals surface area contributed by atoms with Gasteiger partial charge in [-0.3, -0.25) is 14.5 Å². The molecule has 1 aliphatic carbocycles. The normalized spacial score (nSPS) is 19.4. The molecule has 2 rings (SSSR count). The number of rotatable bonds is 6. The summed E-state index contributed by atoms with van der Waals surface area (Å²) in [6.45, 7) is 5.05. The highest BCUT2D eigenvalue weighted by atomic mass is 16.5. The molecule has 0 saturated carbocycles. The van der Waals surface area contributed by atoms with Crippen molar-refractivity contribution in [3.05, 3.63) is 11.6 Å². The molecule has 0 spiro atoms. The Balaban J connectivity index is 1.54. The Labute approximate surface area is 132 Å². The number of carbonyl (C=O) groups is 2. The van der Waals surface area contributed by atoms with Crippen LogP contribution < -0.4 is 10.6 Å². The second kappa shape index (κ2) is 9.58. The second-order valence-electron chi connectivity index (χ2n) is 5.82. The van der Waals surface area contributed by atoms with Crippen molar-refractivity contribution in [2.75, 3.05) is 45.9 Å². The molecule has 0 unspecified atom stereocenters. The number of nitrogens with one attached hydrogen (secondary N) is 2. The van der Waals surface area contributed by atoms with Gasteiger partial charge in [0.2, 0.25) is 0 Å². The van der Waals surface area contributed by atoms with Gasteiger partial charge in [-0.05, 0) is 32.1 Å². The third kappa shape index (κ3) is 6.15. The van der Waals surface area contributed by atoms with Crippen molar-refractivity contribution < 1.29 is 14.3 Å². The maximum Gasteiger partial charge on any atom is 0.309 e.